The molecule has 1 aliphatic heterocycles. The average molecular weight is 201 g/mol. The standard InChI is InChI=1S/C6H10Cl2O3/c7-1-4-5(8)6(10)3(9)2-11-4/h3-6,9-10H,1-2H2/t3-,4+,5-,6+/m0/s1. The Bertz CT molecular complexity index is 131. The third-order valence-corrected chi connectivity index (χ3v) is 2.55. The second-order valence-corrected chi connectivity index (χ2v) is 3.34. The zero-order valence-electron chi connectivity index (χ0n) is 5.78. The second kappa shape index (κ2) is 3.92. The molecule has 0 amide bonds. The predicted octanol–water partition coefficient (Wildman–Crippen LogP) is -0.0468. The first kappa shape index (κ1) is 9.55. The molecule has 0 aromatic carbocycles. The van der Waals surface area contributed by atoms with Gasteiger partial charge in [0.2, 0.25) is 0 Å². The van der Waals surface area contributed by atoms with Gasteiger partial charge >= 0.3 is 0 Å². The van der Waals surface area contributed by atoms with Crippen LogP contribution in [-0.2, 0) is 4.74 Å². The number of halogens is 2. The molecule has 1 saturated heterocycles. The van der Waals surface area contributed by atoms with Gasteiger partial charge in [-0.15, -0.1) is 23.2 Å². The molecule has 1 aliphatic rings. The third-order valence-electron chi connectivity index (χ3n) is 1.71. The lowest BCUT2D eigenvalue weighted by molar-refractivity contribution is -0.110. The fourth-order valence-electron chi connectivity index (χ4n) is 0.974. The molecule has 1 heterocycles. The minimum absolute atomic E-state index is 0.0990. The molecule has 0 aliphatic carbocycles. The van der Waals surface area contributed by atoms with E-state index in [0.717, 1.165) is 0 Å². The lowest BCUT2D eigenvalue weighted by Crippen LogP contribution is -2.50. The quantitative estimate of drug-likeness (QED) is 0.585. The number of aliphatic hydroxyl groups excluding tert-OH is 2. The summed E-state index contributed by atoms with van der Waals surface area (Å²) < 4.78 is 5.05. The summed E-state index contributed by atoms with van der Waals surface area (Å²) in [6.45, 7) is 0.0990. The van der Waals surface area contributed by atoms with Crippen molar-refractivity contribution >= 4 is 23.2 Å². The predicted molar refractivity (Wildman–Crippen MR) is 42.1 cm³/mol. The van der Waals surface area contributed by atoms with Crippen molar-refractivity contribution in [2.24, 2.45) is 0 Å². The number of alkyl halides is 2. The van der Waals surface area contributed by atoms with Crippen LogP contribution in [0.5, 0.6) is 0 Å². The van der Waals surface area contributed by atoms with Crippen LogP contribution < -0.4 is 0 Å². The Hall–Kier alpha value is 0.460. The van der Waals surface area contributed by atoms with Gasteiger partial charge in [-0.25, -0.2) is 0 Å². The van der Waals surface area contributed by atoms with Crippen molar-refractivity contribution in [2.75, 3.05) is 12.5 Å². The van der Waals surface area contributed by atoms with Crippen molar-refractivity contribution in [1.29, 1.82) is 0 Å². The van der Waals surface area contributed by atoms with Crippen LogP contribution in [0.1, 0.15) is 0 Å². The van der Waals surface area contributed by atoms with Crippen LogP contribution in [-0.4, -0.2) is 46.4 Å². The highest BCUT2D eigenvalue weighted by atomic mass is 35.5. The third kappa shape index (κ3) is 1.98. The van der Waals surface area contributed by atoms with Gasteiger partial charge in [-0.3, -0.25) is 0 Å². The number of rotatable bonds is 1. The zero-order chi connectivity index (χ0) is 8.43. The van der Waals surface area contributed by atoms with Crippen LogP contribution in [0.2, 0.25) is 0 Å². The van der Waals surface area contributed by atoms with Gasteiger partial charge in [0.25, 0.3) is 0 Å². The van der Waals surface area contributed by atoms with Crippen LogP contribution in [0.25, 0.3) is 0 Å². The fourth-order valence-corrected chi connectivity index (χ4v) is 1.68. The van der Waals surface area contributed by atoms with Crippen molar-refractivity contribution in [3.8, 4) is 0 Å². The molecule has 0 bridgehead atoms. The Morgan fingerprint density at radius 1 is 1.45 bits per heavy atom. The molecule has 0 unspecified atom stereocenters. The van der Waals surface area contributed by atoms with Crippen LogP contribution in [0.15, 0.2) is 0 Å². The lowest BCUT2D eigenvalue weighted by atomic mass is 10.0. The minimum atomic E-state index is -0.936. The molecule has 11 heavy (non-hydrogen) atoms. The Morgan fingerprint density at radius 3 is 2.64 bits per heavy atom. The molecular weight excluding hydrogens is 191 g/mol. The zero-order valence-corrected chi connectivity index (χ0v) is 7.29. The van der Waals surface area contributed by atoms with E-state index in [2.05, 4.69) is 0 Å². The van der Waals surface area contributed by atoms with Gasteiger partial charge in [-0.05, 0) is 0 Å². The summed E-state index contributed by atoms with van der Waals surface area (Å²) in [5.74, 6) is 0.234. The Morgan fingerprint density at radius 2 is 2.09 bits per heavy atom. The van der Waals surface area contributed by atoms with Gasteiger partial charge in [0.05, 0.1) is 24.0 Å². The second-order valence-electron chi connectivity index (χ2n) is 2.53. The van der Waals surface area contributed by atoms with Gasteiger partial charge in [-0.1, -0.05) is 0 Å². The average Bonchev–Trinajstić information content (AvgIpc) is 2.01. The van der Waals surface area contributed by atoms with Crippen LogP contribution in [0, 0.1) is 0 Å². The van der Waals surface area contributed by atoms with Crippen molar-refractivity contribution in [2.45, 2.75) is 23.7 Å². The van der Waals surface area contributed by atoms with E-state index >= 15 is 0 Å². The van der Waals surface area contributed by atoms with Crippen LogP contribution in [0.3, 0.4) is 0 Å². The van der Waals surface area contributed by atoms with Gasteiger partial charge in [-0.2, -0.15) is 0 Å². The van der Waals surface area contributed by atoms with E-state index in [0.29, 0.717) is 0 Å². The number of hydrogen-bond acceptors (Lipinski definition) is 3. The smallest absolute Gasteiger partial charge is 0.105 e. The molecule has 0 saturated carbocycles. The first-order valence-electron chi connectivity index (χ1n) is 3.34. The molecule has 0 radical (unpaired) electrons. The summed E-state index contributed by atoms with van der Waals surface area (Å²) in [4.78, 5) is 0. The summed E-state index contributed by atoms with van der Waals surface area (Å²) in [6, 6.07) is 0. The monoisotopic (exact) mass is 200 g/mol. The molecule has 0 spiro atoms. The molecule has 2 N–H and O–H groups in total. The van der Waals surface area contributed by atoms with E-state index in [9.17, 15) is 5.11 Å². The molecule has 5 heteroatoms. The van der Waals surface area contributed by atoms with Crippen molar-refractivity contribution in [3.63, 3.8) is 0 Å². The molecule has 4 atom stereocenters. The minimum Gasteiger partial charge on any atom is -0.389 e. The molecule has 0 aromatic heterocycles. The number of ether oxygens (including phenoxy) is 1. The largest absolute Gasteiger partial charge is 0.389 e. The highest BCUT2D eigenvalue weighted by Crippen LogP contribution is 2.21. The van der Waals surface area contributed by atoms with Gasteiger partial charge in [0.1, 0.15) is 12.2 Å². The first-order valence-corrected chi connectivity index (χ1v) is 4.31. The molecule has 1 fully saturated rings. The number of aliphatic hydroxyl groups is 2. The van der Waals surface area contributed by atoms with Crippen LogP contribution >= 0.6 is 23.2 Å². The van der Waals surface area contributed by atoms with E-state index in [1.165, 1.54) is 0 Å². The topological polar surface area (TPSA) is 49.7 Å². The Labute approximate surface area is 74.9 Å². The van der Waals surface area contributed by atoms with Gasteiger partial charge in [0, 0.05) is 0 Å². The number of hydrogen-bond donors (Lipinski definition) is 2. The maximum Gasteiger partial charge on any atom is 0.105 e. The van der Waals surface area contributed by atoms with Crippen LogP contribution in [0.4, 0.5) is 0 Å². The maximum atomic E-state index is 9.23. The first-order chi connectivity index (χ1) is 5.16. The van der Waals surface area contributed by atoms with Crippen molar-refractivity contribution < 1.29 is 14.9 Å². The SMILES string of the molecule is O[C@H]1[C@@H](Cl)[C@@H](CCl)OC[C@@H]1O. The molecular formula is C6H10Cl2O3. The summed E-state index contributed by atoms with van der Waals surface area (Å²) in [6.07, 6.45) is -2.19. The van der Waals surface area contributed by atoms with E-state index in [1.54, 1.807) is 0 Å². The summed E-state index contributed by atoms with van der Waals surface area (Å²) in [5.41, 5.74) is 0. The van der Waals surface area contributed by atoms with Gasteiger partial charge < -0.3 is 14.9 Å². The van der Waals surface area contributed by atoms with Crippen molar-refractivity contribution in [1.82, 2.24) is 0 Å². The fraction of sp³-hybridized carbons (Fsp3) is 1.00. The highest BCUT2D eigenvalue weighted by molar-refractivity contribution is 6.23. The highest BCUT2D eigenvalue weighted by Gasteiger charge is 2.36. The van der Waals surface area contributed by atoms with Gasteiger partial charge in [0.15, 0.2) is 0 Å². The normalized spacial score (nSPS) is 45.8. The molecule has 0 aromatic rings. The van der Waals surface area contributed by atoms with E-state index in [-0.39, 0.29) is 18.6 Å². The summed E-state index contributed by atoms with van der Waals surface area (Å²) >= 11 is 11.2. The summed E-state index contributed by atoms with van der Waals surface area (Å²) in [5, 5.41) is 17.7. The lowest BCUT2D eigenvalue weighted by Gasteiger charge is -2.33. The Balaban J connectivity index is 2.52. The van der Waals surface area contributed by atoms with E-state index in [4.69, 9.17) is 33.0 Å². The molecule has 3 nitrogen and oxygen atoms in total. The summed E-state index contributed by atoms with van der Waals surface area (Å²) in [7, 11) is 0. The maximum absolute atomic E-state index is 9.23. The Kier molecular flexibility index (Phi) is 3.40. The van der Waals surface area contributed by atoms with E-state index in [1.807, 2.05) is 0 Å². The molecule has 1 rings (SSSR count). The molecule has 66 valence electrons. The van der Waals surface area contributed by atoms with E-state index < -0.39 is 17.6 Å². The van der Waals surface area contributed by atoms with Crippen molar-refractivity contribution in [3.05, 3.63) is 0 Å².